The SMILES string of the molecule is COC(=O)C1=NN(C(C)(C)CC(C)=O)[C@@H]2C(=O)N(c3ccc(C)cc3)C(=O)[C@@H]12. The molecular weight excluding hydrogens is 362 g/mol. The van der Waals surface area contributed by atoms with Crippen molar-refractivity contribution in [3.8, 4) is 0 Å². The van der Waals surface area contributed by atoms with E-state index in [1.807, 2.05) is 6.92 Å². The molecule has 2 atom stereocenters. The Morgan fingerprint density at radius 3 is 2.29 bits per heavy atom. The molecule has 0 saturated carbocycles. The molecule has 1 fully saturated rings. The van der Waals surface area contributed by atoms with Crippen molar-refractivity contribution in [2.24, 2.45) is 11.0 Å². The predicted octanol–water partition coefficient (Wildman–Crippen LogP) is 1.46. The molecular formula is C20H23N3O5. The van der Waals surface area contributed by atoms with Crippen LogP contribution in [-0.2, 0) is 23.9 Å². The third-order valence-corrected chi connectivity index (χ3v) is 5.04. The molecule has 0 aromatic heterocycles. The summed E-state index contributed by atoms with van der Waals surface area (Å²) in [5.41, 5.74) is 0.453. The average molecular weight is 385 g/mol. The second-order valence-electron chi connectivity index (χ2n) is 7.78. The molecule has 0 aliphatic carbocycles. The molecule has 1 saturated heterocycles. The molecule has 2 amide bonds. The first kappa shape index (κ1) is 19.7. The fraction of sp³-hybridized carbons (Fsp3) is 0.450. The Balaban J connectivity index is 2.07. The molecule has 8 heteroatoms. The number of esters is 1. The topological polar surface area (TPSA) is 96.3 Å². The third-order valence-electron chi connectivity index (χ3n) is 5.04. The molecule has 0 unspecified atom stereocenters. The number of imide groups is 1. The maximum Gasteiger partial charge on any atom is 0.355 e. The van der Waals surface area contributed by atoms with Gasteiger partial charge in [-0.25, -0.2) is 9.69 Å². The second-order valence-corrected chi connectivity index (χ2v) is 7.78. The van der Waals surface area contributed by atoms with Gasteiger partial charge in [0.25, 0.3) is 5.91 Å². The summed E-state index contributed by atoms with van der Waals surface area (Å²) in [6.45, 7) is 6.85. The number of methoxy groups -OCH3 is 1. The number of carbonyl (C=O) groups excluding carboxylic acids is 4. The first-order chi connectivity index (χ1) is 13.1. The highest BCUT2D eigenvalue weighted by Gasteiger charge is 2.60. The van der Waals surface area contributed by atoms with Crippen molar-refractivity contribution in [3.63, 3.8) is 0 Å². The van der Waals surface area contributed by atoms with Crippen LogP contribution in [0.3, 0.4) is 0 Å². The largest absolute Gasteiger partial charge is 0.464 e. The molecule has 28 heavy (non-hydrogen) atoms. The van der Waals surface area contributed by atoms with E-state index in [1.165, 1.54) is 19.0 Å². The van der Waals surface area contributed by atoms with Crippen LogP contribution in [0.15, 0.2) is 29.4 Å². The molecule has 0 bridgehead atoms. The summed E-state index contributed by atoms with van der Waals surface area (Å²) >= 11 is 0. The van der Waals surface area contributed by atoms with Crippen molar-refractivity contribution < 1.29 is 23.9 Å². The highest BCUT2D eigenvalue weighted by atomic mass is 16.5. The Bertz CT molecular complexity index is 888. The van der Waals surface area contributed by atoms with Gasteiger partial charge in [0.1, 0.15) is 17.7 Å². The lowest BCUT2D eigenvalue weighted by Crippen LogP contribution is -2.50. The van der Waals surface area contributed by atoms with Crippen LogP contribution in [0.4, 0.5) is 5.69 Å². The lowest BCUT2D eigenvalue weighted by atomic mass is 9.92. The summed E-state index contributed by atoms with van der Waals surface area (Å²) in [5, 5.41) is 5.68. The zero-order valence-electron chi connectivity index (χ0n) is 16.6. The number of nitrogens with zero attached hydrogens (tertiary/aromatic N) is 3. The number of ether oxygens (including phenoxy) is 1. The van der Waals surface area contributed by atoms with E-state index in [9.17, 15) is 19.2 Å². The van der Waals surface area contributed by atoms with Crippen molar-refractivity contribution in [2.75, 3.05) is 12.0 Å². The van der Waals surface area contributed by atoms with Crippen LogP contribution < -0.4 is 4.90 Å². The molecule has 0 spiro atoms. The van der Waals surface area contributed by atoms with Crippen molar-refractivity contribution in [3.05, 3.63) is 29.8 Å². The molecule has 148 valence electrons. The van der Waals surface area contributed by atoms with Gasteiger partial charge in [-0.1, -0.05) is 17.7 Å². The minimum Gasteiger partial charge on any atom is -0.464 e. The Labute approximate surface area is 163 Å². The quantitative estimate of drug-likeness (QED) is 0.562. The van der Waals surface area contributed by atoms with Crippen molar-refractivity contribution in [1.29, 1.82) is 0 Å². The van der Waals surface area contributed by atoms with Crippen LogP contribution in [0, 0.1) is 12.8 Å². The number of ketones is 1. The number of anilines is 1. The Hall–Kier alpha value is -3.03. The van der Waals surface area contributed by atoms with Gasteiger partial charge in [-0.05, 0) is 39.8 Å². The molecule has 2 aliphatic heterocycles. The smallest absolute Gasteiger partial charge is 0.355 e. The van der Waals surface area contributed by atoms with E-state index in [0.717, 1.165) is 10.5 Å². The Morgan fingerprint density at radius 1 is 1.14 bits per heavy atom. The van der Waals surface area contributed by atoms with E-state index in [-0.39, 0.29) is 17.9 Å². The fourth-order valence-corrected chi connectivity index (χ4v) is 3.83. The first-order valence-electron chi connectivity index (χ1n) is 8.98. The summed E-state index contributed by atoms with van der Waals surface area (Å²) in [4.78, 5) is 51.4. The average Bonchev–Trinajstić information content (AvgIpc) is 3.13. The predicted molar refractivity (Wildman–Crippen MR) is 102 cm³/mol. The van der Waals surface area contributed by atoms with Gasteiger partial charge >= 0.3 is 5.97 Å². The lowest BCUT2D eigenvalue weighted by molar-refractivity contribution is -0.133. The molecule has 2 heterocycles. The van der Waals surface area contributed by atoms with Gasteiger partial charge in [-0.15, -0.1) is 0 Å². The minimum absolute atomic E-state index is 0.0876. The van der Waals surface area contributed by atoms with Crippen LogP contribution in [0.5, 0.6) is 0 Å². The van der Waals surface area contributed by atoms with Gasteiger partial charge in [-0.2, -0.15) is 5.10 Å². The van der Waals surface area contributed by atoms with Crippen LogP contribution >= 0.6 is 0 Å². The van der Waals surface area contributed by atoms with Gasteiger partial charge in [0.2, 0.25) is 5.91 Å². The number of Topliss-reactive ketones (excluding diaryl/α,β-unsaturated/α-hetero) is 1. The number of amides is 2. The van der Waals surface area contributed by atoms with Crippen LogP contribution in [0.25, 0.3) is 0 Å². The number of hydrazone groups is 1. The fourth-order valence-electron chi connectivity index (χ4n) is 3.83. The molecule has 1 aromatic rings. The van der Waals surface area contributed by atoms with Gasteiger partial charge < -0.3 is 4.74 Å². The number of rotatable bonds is 5. The summed E-state index contributed by atoms with van der Waals surface area (Å²) in [7, 11) is 1.20. The first-order valence-corrected chi connectivity index (χ1v) is 8.98. The third kappa shape index (κ3) is 3.08. The molecule has 0 N–H and O–H groups in total. The summed E-state index contributed by atoms with van der Waals surface area (Å²) < 4.78 is 4.78. The van der Waals surface area contributed by atoms with Crippen LogP contribution in [-0.4, -0.2) is 53.0 Å². The highest BCUT2D eigenvalue weighted by molar-refractivity contribution is 6.46. The number of fused-ring (bicyclic) bond motifs is 1. The summed E-state index contributed by atoms with van der Waals surface area (Å²) in [6.07, 6.45) is 0.111. The van der Waals surface area contributed by atoms with E-state index in [1.54, 1.807) is 38.1 Å². The molecule has 0 radical (unpaired) electrons. The second kappa shape index (κ2) is 6.85. The van der Waals surface area contributed by atoms with Gasteiger partial charge in [-0.3, -0.25) is 19.4 Å². The van der Waals surface area contributed by atoms with E-state index >= 15 is 0 Å². The molecule has 8 nitrogen and oxygen atoms in total. The van der Waals surface area contributed by atoms with E-state index in [4.69, 9.17) is 4.74 Å². The highest BCUT2D eigenvalue weighted by Crippen LogP contribution is 2.39. The summed E-state index contributed by atoms with van der Waals surface area (Å²) in [6, 6.07) is 5.99. The Kier molecular flexibility index (Phi) is 4.82. The van der Waals surface area contributed by atoms with Crippen molar-refractivity contribution in [1.82, 2.24) is 5.01 Å². The van der Waals surface area contributed by atoms with Crippen LogP contribution in [0.1, 0.15) is 32.8 Å². The van der Waals surface area contributed by atoms with Gasteiger partial charge in [0, 0.05) is 6.42 Å². The number of hydrogen-bond donors (Lipinski definition) is 0. The van der Waals surface area contributed by atoms with Crippen LogP contribution in [0.2, 0.25) is 0 Å². The monoisotopic (exact) mass is 385 g/mol. The normalized spacial score (nSPS) is 21.7. The van der Waals surface area contributed by atoms with Gasteiger partial charge in [0.15, 0.2) is 5.71 Å². The number of carbonyl (C=O) groups is 4. The Morgan fingerprint density at radius 2 is 1.75 bits per heavy atom. The van der Waals surface area contributed by atoms with Gasteiger partial charge in [0.05, 0.1) is 18.3 Å². The number of benzene rings is 1. The van der Waals surface area contributed by atoms with E-state index < -0.39 is 35.3 Å². The van der Waals surface area contributed by atoms with Crippen molar-refractivity contribution >= 4 is 35.0 Å². The summed E-state index contributed by atoms with van der Waals surface area (Å²) in [5.74, 6) is -2.91. The van der Waals surface area contributed by atoms with E-state index in [2.05, 4.69) is 5.10 Å². The maximum atomic E-state index is 13.2. The molecule has 1 aromatic carbocycles. The number of hydrogen-bond acceptors (Lipinski definition) is 7. The van der Waals surface area contributed by atoms with Crippen molar-refractivity contribution in [2.45, 2.75) is 45.7 Å². The molecule has 3 rings (SSSR count). The lowest BCUT2D eigenvalue weighted by Gasteiger charge is -2.36. The maximum absolute atomic E-state index is 13.2. The number of aryl methyl sites for hydroxylation is 1. The molecule has 2 aliphatic rings. The zero-order chi connectivity index (χ0) is 20.8. The minimum atomic E-state index is -1.06. The zero-order valence-corrected chi connectivity index (χ0v) is 16.6. The van der Waals surface area contributed by atoms with E-state index in [0.29, 0.717) is 5.69 Å². The standard InChI is InChI=1S/C20H23N3O5/c1-11-6-8-13(9-7-11)22-17(25)14-15(19(27)28-5)21-23(16(14)18(22)26)20(3,4)10-12(2)24/h6-9,14,16H,10H2,1-5H3/t14-,16-/m0/s1.